The molecule has 17 unspecified atom stereocenters. The summed E-state index contributed by atoms with van der Waals surface area (Å²) in [5.41, 5.74) is 0. The SMILES string of the molecule is CCCCCCC/C=C\C/C=C\CCCCCCCCCCCCCCCCCCCCCCCC(=O)NC(COC1OC(CO)C(OC2OC(CO)C(OC3OC(CO)C(O)C(O)C3O)C(O)C2O)C(O)C1O)C(O)CCCCCCCCCCCCCCCCCC. The van der Waals surface area contributed by atoms with E-state index in [1.54, 1.807) is 0 Å². The van der Waals surface area contributed by atoms with Crippen molar-refractivity contribution in [3.8, 4) is 0 Å². The summed E-state index contributed by atoms with van der Waals surface area (Å²) in [6.07, 6.45) is 39.9. The normalized spacial score (nSPS) is 27.4. The molecule has 17 atom stereocenters. The first-order valence-corrected chi connectivity index (χ1v) is 38.6. The van der Waals surface area contributed by atoms with Crippen molar-refractivity contribution in [2.45, 2.75) is 420 Å². The molecule has 3 aliphatic heterocycles. The maximum absolute atomic E-state index is 13.5. The van der Waals surface area contributed by atoms with Gasteiger partial charge in [-0.05, 0) is 44.9 Å². The van der Waals surface area contributed by atoms with Crippen LogP contribution in [-0.2, 0) is 33.2 Å². The molecule has 3 rings (SSSR count). The van der Waals surface area contributed by atoms with Crippen LogP contribution in [0.3, 0.4) is 0 Å². The second-order valence-corrected chi connectivity index (χ2v) is 27.8. The van der Waals surface area contributed by atoms with Crippen LogP contribution in [0.15, 0.2) is 24.3 Å². The van der Waals surface area contributed by atoms with Gasteiger partial charge in [-0.2, -0.15) is 0 Å². The first-order valence-electron chi connectivity index (χ1n) is 38.6. The number of carbonyl (C=O) groups excluding carboxylic acids is 1. The number of hydrogen-bond donors (Lipinski definition) is 12. The molecule has 0 aromatic carbocycles. The summed E-state index contributed by atoms with van der Waals surface area (Å²) >= 11 is 0. The van der Waals surface area contributed by atoms with E-state index in [1.165, 1.54) is 231 Å². The topological polar surface area (TPSA) is 307 Å². The zero-order valence-corrected chi connectivity index (χ0v) is 59.0. The van der Waals surface area contributed by atoms with Gasteiger partial charge >= 0.3 is 0 Å². The van der Waals surface area contributed by atoms with Crippen molar-refractivity contribution in [1.82, 2.24) is 5.32 Å². The van der Waals surface area contributed by atoms with Crippen LogP contribution in [0.25, 0.3) is 0 Å². The largest absolute Gasteiger partial charge is 0.394 e. The molecular formula is C75H141NO18. The fourth-order valence-electron chi connectivity index (χ4n) is 13.3. The minimum absolute atomic E-state index is 0.237. The van der Waals surface area contributed by atoms with E-state index in [9.17, 15) is 61.0 Å². The first-order chi connectivity index (χ1) is 45.8. The number of aliphatic hydroxyl groups is 11. The Bertz CT molecular complexity index is 1800. The van der Waals surface area contributed by atoms with Crippen molar-refractivity contribution < 1.29 is 89.4 Å². The van der Waals surface area contributed by atoms with Crippen LogP contribution >= 0.6 is 0 Å². The number of allylic oxidation sites excluding steroid dienone is 4. The van der Waals surface area contributed by atoms with Gasteiger partial charge in [0.15, 0.2) is 18.9 Å². The van der Waals surface area contributed by atoms with Gasteiger partial charge in [0, 0.05) is 6.42 Å². The number of carbonyl (C=O) groups is 1. The van der Waals surface area contributed by atoms with Crippen LogP contribution < -0.4 is 5.32 Å². The van der Waals surface area contributed by atoms with Crippen molar-refractivity contribution in [2.75, 3.05) is 26.4 Å². The summed E-state index contributed by atoms with van der Waals surface area (Å²) in [5.74, 6) is -0.237. The highest BCUT2D eigenvalue weighted by Gasteiger charge is 2.53. The van der Waals surface area contributed by atoms with E-state index in [2.05, 4.69) is 43.5 Å². The third kappa shape index (κ3) is 37.6. The molecule has 94 heavy (non-hydrogen) atoms. The molecule has 3 aliphatic rings. The summed E-state index contributed by atoms with van der Waals surface area (Å²) in [6, 6.07) is -0.884. The van der Waals surface area contributed by atoms with Crippen molar-refractivity contribution in [3.63, 3.8) is 0 Å². The number of nitrogens with one attached hydrogen (secondary N) is 1. The Morgan fingerprint density at radius 2 is 0.702 bits per heavy atom. The van der Waals surface area contributed by atoms with Gasteiger partial charge in [-0.1, -0.05) is 289 Å². The van der Waals surface area contributed by atoms with Crippen molar-refractivity contribution in [1.29, 1.82) is 0 Å². The van der Waals surface area contributed by atoms with Gasteiger partial charge in [0.05, 0.1) is 38.6 Å². The van der Waals surface area contributed by atoms with Crippen molar-refractivity contribution in [3.05, 3.63) is 24.3 Å². The van der Waals surface area contributed by atoms with E-state index in [1.807, 2.05) is 0 Å². The summed E-state index contributed by atoms with van der Waals surface area (Å²) < 4.78 is 34.5. The quantitative estimate of drug-likeness (QED) is 0.0199. The van der Waals surface area contributed by atoms with Crippen molar-refractivity contribution in [2.24, 2.45) is 0 Å². The summed E-state index contributed by atoms with van der Waals surface area (Å²) in [4.78, 5) is 13.5. The standard InChI is InChI=1S/C75H141NO18/c1-3-5-7-9-11-13-15-17-19-21-22-23-24-25-26-27-28-29-30-31-32-33-34-35-36-37-39-41-43-45-47-49-51-53-63(81)76-58(59(80)52-50-48-46-44-42-40-38-20-18-16-14-12-10-8-6-4-2)57-89-73-69(87)66(84)71(61(55-78)91-73)94-75-70(88)67(85)72(62(56-79)92-75)93-74-68(86)65(83)64(82)60(54-77)90-74/h15,17,21-22,58-62,64-75,77-80,82-88H,3-14,16,18-20,23-57H2,1-2H3,(H,76,81)/b17-15-,22-21-. The van der Waals surface area contributed by atoms with Gasteiger partial charge in [0.2, 0.25) is 5.91 Å². The van der Waals surface area contributed by atoms with Gasteiger partial charge in [0.25, 0.3) is 0 Å². The average molecular weight is 1340 g/mol. The molecule has 0 bridgehead atoms. The summed E-state index contributed by atoms with van der Waals surface area (Å²) in [5, 5.41) is 121. The van der Waals surface area contributed by atoms with Crippen LogP contribution in [0.2, 0.25) is 0 Å². The third-order valence-corrected chi connectivity index (χ3v) is 19.5. The van der Waals surface area contributed by atoms with Gasteiger partial charge in [-0.3, -0.25) is 4.79 Å². The lowest BCUT2D eigenvalue weighted by Gasteiger charge is -2.48. The van der Waals surface area contributed by atoms with E-state index in [0.717, 1.165) is 51.4 Å². The Balaban J connectivity index is 1.34. The average Bonchev–Trinajstić information content (AvgIpc) is 0.787. The molecule has 1 amide bonds. The number of ether oxygens (including phenoxy) is 6. The number of unbranched alkanes of at least 4 members (excludes halogenated alkanes) is 41. The lowest BCUT2D eigenvalue weighted by molar-refractivity contribution is -0.379. The maximum Gasteiger partial charge on any atom is 0.220 e. The molecular weight excluding hydrogens is 1200 g/mol. The molecule has 0 radical (unpaired) electrons. The molecule has 0 saturated carbocycles. The van der Waals surface area contributed by atoms with Crippen LogP contribution in [0.1, 0.15) is 316 Å². The maximum atomic E-state index is 13.5. The number of amides is 1. The molecule has 12 N–H and O–H groups in total. The minimum atomic E-state index is -1.97. The highest BCUT2D eigenvalue weighted by molar-refractivity contribution is 5.76. The number of rotatable bonds is 61. The Morgan fingerprint density at radius 3 is 1.09 bits per heavy atom. The highest BCUT2D eigenvalue weighted by atomic mass is 16.8. The Morgan fingerprint density at radius 1 is 0.383 bits per heavy atom. The molecule has 19 heteroatoms. The molecule has 3 saturated heterocycles. The molecule has 3 heterocycles. The van der Waals surface area contributed by atoms with E-state index >= 15 is 0 Å². The number of hydrogen-bond acceptors (Lipinski definition) is 18. The molecule has 0 spiro atoms. The van der Waals surface area contributed by atoms with E-state index in [4.69, 9.17) is 28.4 Å². The smallest absolute Gasteiger partial charge is 0.220 e. The molecule has 0 aromatic heterocycles. The van der Waals surface area contributed by atoms with E-state index in [-0.39, 0.29) is 18.9 Å². The fraction of sp³-hybridized carbons (Fsp3) is 0.933. The van der Waals surface area contributed by atoms with Crippen LogP contribution in [0.5, 0.6) is 0 Å². The van der Waals surface area contributed by atoms with Gasteiger partial charge in [-0.25, -0.2) is 0 Å². The molecule has 0 aromatic rings. The van der Waals surface area contributed by atoms with Crippen LogP contribution in [0.4, 0.5) is 0 Å². The van der Waals surface area contributed by atoms with Crippen molar-refractivity contribution >= 4 is 5.91 Å². The van der Waals surface area contributed by atoms with E-state index in [0.29, 0.717) is 12.8 Å². The fourth-order valence-corrected chi connectivity index (χ4v) is 13.3. The molecule has 19 nitrogen and oxygen atoms in total. The minimum Gasteiger partial charge on any atom is -0.394 e. The second-order valence-electron chi connectivity index (χ2n) is 27.8. The first kappa shape index (κ1) is 86.5. The Labute approximate surface area is 568 Å². The van der Waals surface area contributed by atoms with E-state index < -0.39 is 124 Å². The second kappa shape index (κ2) is 57.0. The predicted octanol–water partition coefficient (Wildman–Crippen LogP) is 11.8. The van der Waals surface area contributed by atoms with Crippen LogP contribution in [-0.4, -0.2) is 193 Å². The lowest BCUT2D eigenvalue weighted by atomic mass is 9.96. The molecule has 3 fully saturated rings. The molecule has 554 valence electrons. The van der Waals surface area contributed by atoms with Crippen LogP contribution in [0, 0.1) is 0 Å². The zero-order chi connectivity index (χ0) is 68.2. The highest BCUT2D eigenvalue weighted by Crippen LogP contribution is 2.33. The number of aliphatic hydroxyl groups excluding tert-OH is 11. The monoisotopic (exact) mass is 1340 g/mol. The van der Waals surface area contributed by atoms with Gasteiger partial charge in [-0.15, -0.1) is 0 Å². The Kier molecular flexibility index (Phi) is 52.4. The predicted molar refractivity (Wildman–Crippen MR) is 370 cm³/mol. The Hall–Kier alpha value is -1.73. The summed E-state index contributed by atoms with van der Waals surface area (Å²) in [6.45, 7) is 1.83. The lowest BCUT2D eigenvalue weighted by Crippen LogP contribution is -2.66. The van der Waals surface area contributed by atoms with Gasteiger partial charge in [0.1, 0.15) is 73.2 Å². The summed E-state index contributed by atoms with van der Waals surface area (Å²) in [7, 11) is 0. The molecule has 0 aliphatic carbocycles. The zero-order valence-electron chi connectivity index (χ0n) is 59.0. The third-order valence-electron chi connectivity index (χ3n) is 19.5. The van der Waals surface area contributed by atoms with Gasteiger partial charge < -0.3 is 89.9 Å².